The average Bonchev–Trinajstić information content (AvgIpc) is 3.02. The van der Waals surface area contributed by atoms with Crippen molar-refractivity contribution < 1.29 is 32.2 Å². The predicted octanol–water partition coefficient (Wildman–Crippen LogP) is 5.21. The Morgan fingerprint density at radius 2 is 1.67 bits per heavy atom. The fraction of sp³-hybridized carbons (Fsp3) is 0.294. The number of para-hydroxylation sites is 1. The normalized spacial score (nSPS) is 17.5. The second-order valence-electron chi connectivity index (χ2n) is 11.6. The van der Waals surface area contributed by atoms with E-state index >= 15 is 0 Å². The number of nitrogens with zero attached hydrogens (tertiary/aromatic N) is 2. The van der Waals surface area contributed by atoms with Crippen LogP contribution in [-0.2, 0) is 9.84 Å². The molecule has 5 rings (SSSR count). The minimum Gasteiger partial charge on any atom is -0.486 e. The highest BCUT2D eigenvalue weighted by Crippen LogP contribution is 2.35. The van der Waals surface area contributed by atoms with Crippen LogP contribution in [0.25, 0.3) is 10.8 Å². The standard InChI is InChI=1S/C34H37FN4O6S/c1-22-18-39(23(2)20-40)33(41)28-11-7-13-30(37-34(42)36-29-12-6-9-24-8-4-5-10-27(24)29)32(28)45-31(22)19-38(3)21-46(43,44)26-16-14-25(35)15-17-26/h4-17,22-23,31,40H,18-21H2,1-3H3,(H2,36,37,42)/t22-,23+,31+/m1/s1. The molecule has 4 aromatic carbocycles. The van der Waals surface area contributed by atoms with Gasteiger partial charge >= 0.3 is 6.03 Å². The fourth-order valence-corrected chi connectivity index (χ4v) is 6.92. The molecule has 12 heteroatoms. The molecule has 3 amide bonds. The summed E-state index contributed by atoms with van der Waals surface area (Å²) >= 11 is 0. The van der Waals surface area contributed by atoms with Gasteiger partial charge in [0.1, 0.15) is 17.8 Å². The number of urea groups is 1. The van der Waals surface area contributed by atoms with Gasteiger partial charge in [-0.05, 0) is 61.8 Å². The highest BCUT2D eigenvalue weighted by molar-refractivity contribution is 7.91. The maximum absolute atomic E-state index is 13.8. The van der Waals surface area contributed by atoms with Gasteiger partial charge in [0.25, 0.3) is 5.91 Å². The molecule has 242 valence electrons. The largest absolute Gasteiger partial charge is 0.486 e. The number of carbonyl (C=O) groups is 2. The van der Waals surface area contributed by atoms with Crippen LogP contribution in [0.4, 0.5) is 20.6 Å². The summed E-state index contributed by atoms with van der Waals surface area (Å²) in [7, 11) is -2.15. The zero-order chi connectivity index (χ0) is 33.0. The Hall–Kier alpha value is -4.52. The number of hydrogen-bond donors (Lipinski definition) is 3. The zero-order valence-corrected chi connectivity index (χ0v) is 26.6. The van der Waals surface area contributed by atoms with Crippen molar-refractivity contribution in [2.75, 3.05) is 43.3 Å². The Bertz CT molecular complexity index is 1830. The average molecular weight is 649 g/mol. The molecule has 0 fully saturated rings. The molecule has 0 saturated heterocycles. The monoisotopic (exact) mass is 648 g/mol. The quantitative estimate of drug-likeness (QED) is 0.213. The van der Waals surface area contributed by atoms with Gasteiger partial charge < -0.3 is 25.4 Å². The SMILES string of the molecule is C[C@@H]1CN([C@@H](C)CO)C(=O)c2cccc(NC(=O)Nc3cccc4ccccc34)c2O[C@H]1CN(C)CS(=O)(=O)c1ccc(F)cc1. The van der Waals surface area contributed by atoms with Crippen molar-refractivity contribution in [3.05, 3.63) is 96.3 Å². The van der Waals surface area contributed by atoms with Crippen molar-refractivity contribution in [3.63, 3.8) is 0 Å². The maximum atomic E-state index is 13.8. The highest BCUT2D eigenvalue weighted by Gasteiger charge is 2.35. The summed E-state index contributed by atoms with van der Waals surface area (Å²) in [6.07, 6.45) is -0.627. The van der Waals surface area contributed by atoms with Crippen molar-refractivity contribution in [1.82, 2.24) is 9.80 Å². The van der Waals surface area contributed by atoms with Gasteiger partial charge in [0, 0.05) is 24.4 Å². The van der Waals surface area contributed by atoms with E-state index in [0.717, 1.165) is 22.9 Å². The van der Waals surface area contributed by atoms with E-state index in [0.29, 0.717) is 5.69 Å². The number of ether oxygens (including phenoxy) is 1. The lowest BCUT2D eigenvalue weighted by Crippen LogP contribution is -2.50. The van der Waals surface area contributed by atoms with E-state index < -0.39 is 33.8 Å². The third-order valence-electron chi connectivity index (χ3n) is 8.03. The van der Waals surface area contributed by atoms with Crippen LogP contribution < -0.4 is 15.4 Å². The molecule has 10 nitrogen and oxygen atoms in total. The van der Waals surface area contributed by atoms with E-state index in [2.05, 4.69) is 10.6 Å². The summed E-state index contributed by atoms with van der Waals surface area (Å²) in [5.74, 6) is -1.43. The maximum Gasteiger partial charge on any atom is 0.323 e. The smallest absolute Gasteiger partial charge is 0.323 e. The minimum absolute atomic E-state index is 0.00466. The number of rotatable bonds is 9. The van der Waals surface area contributed by atoms with Gasteiger partial charge in [-0.1, -0.05) is 49.4 Å². The molecule has 0 aliphatic carbocycles. The number of aliphatic hydroxyl groups excluding tert-OH is 1. The number of likely N-dealkylation sites (N-methyl/N-ethyl adjacent to an activating group) is 1. The van der Waals surface area contributed by atoms with E-state index in [4.69, 9.17) is 4.74 Å². The Labute approximate surface area is 267 Å². The molecule has 3 atom stereocenters. The van der Waals surface area contributed by atoms with Crippen LogP contribution in [0.5, 0.6) is 5.75 Å². The first-order valence-electron chi connectivity index (χ1n) is 14.9. The summed E-state index contributed by atoms with van der Waals surface area (Å²) in [4.78, 5) is 30.2. The van der Waals surface area contributed by atoms with Crippen molar-refractivity contribution in [1.29, 1.82) is 0 Å². The van der Waals surface area contributed by atoms with Gasteiger partial charge in [0.2, 0.25) is 0 Å². The van der Waals surface area contributed by atoms with Gasteiger partial charge in [0.05, 0.1) is 34.5 Å². The lowest BCUT2D eigenvalue weighted by molar-refractivity contribution is 0.0361. The third-order valence-corrected chi connectivity index (χ3v) is 9.80. The summed E-state index contributed by atoms with van der Waals surface area (Å²) in [5.41, 5.74) is 1.05. The Balaban J connectivity index is 1.43. The van der Waals surface area contributed by atoms with Gasteiger partial charge in [0.15, 0.2) is 15.6 Å². The number of benzene rings is 4. The predicted molar refractivity (Wildman–Crippen MR) is 175 cm³/mol. The molecule has 4 aromatic rings. The van der Waals surface area contributed by atoms with Crippen LogP contribution in [0.2, 0.25) is 0 Å². The molecule has 1 aliphatic rings. The van der Waals surface area contributed by atoms with Crippen LogP contribution in [0.1, 0.15) is 24.2 Å². The highest BCUT2D eigenvalue weighted by atomic mass is 32.2. The van der Waals surface area contributed by atoms with Crippen LogP contribution in [0.15, 0.2) is 89.8 Å². The first-order chi connectivity index (χ1) is 22.0. The lowest BCUT2D eigenvalue weighted by atomic mass is 9.99. The molecule has 0 spiro atoms. The van der Waals surface area contributed by atoms with Crippen molar-refractivity contribution in [2.24, 2.45) is 5.92 Å². The number of aliphatic hydroxyl groups is 1. The summed E-state index contributed by atoms with van der Waals surface area (Å²) in [6.45, 7) is 3.74. The number of fused-ring (bicyclic) bond motifs is 2. The van der Waals surface area contributed by atoms with E-state index in [1.807, 2.05) is 43.3 Å². The van der Waals surface area contributed by atoms with E-state index in [-0.39, 0.29) is 59.3 Å². The van der Waals surface area contributed by atoms with Gasteiger partial charge in [-0.3, -0.25) is 9.69 Å². The van der Waals surface area contributed by atoms with Gasteiger partial charge in [-0.15, -0.1) is 0 Å². The molecular weight excluding hydrogens is 611 g/mol. The minimum atomic E-state index is -3.79. The lowest BCUT2D eigenvalue weighted by Gasteiger charge is -2.38. The fourth-order valence-electron chi connectivity index (χ4n) is 5.54. The molecule has 3 N–H and O–H groups in total. The number of amides is 3. The zero-order valence-electron chi connectivity index (χ0n) is 25.8. The van der Waals surface area contributed by atoms with Crippen LogP contribution in [0, 0.1) is 11.7 Å². The number of carbonyl (C=O) groups excluding carboxylic acids is 2. The Morgan fingerprint density at radius 3 is 2.41 bits per heavy atom. The number of sulfone groups is 1. The summed E-state index contributed by atoms with van der Waals surface area (Å²) in [5, 5.41) is 17.5. The molecule has 0 bridgehead atoms. The molecule has 1 heterocycles. The van der Waals surface area contributed by atoms with Crippen LogP contribution >= 0.6 is 0 Å². The van der Waals surface area contributed by atoms with E-state index in [9.17, 15) is 27.5 Å². The van der Waals surface area contributed by atoms with Gasteiger partial charge in [-0.2, -0.15) is 0 Å². The van der Waals surface area contributed by atoms with Crippen molar-refractivity contribution >= 4 is 43.9 Å². The first kappa shape index (κ1) is 32.9. The number of halogens is 1. The summed E-state index contributed by atoms with van der Waals surface area (Å²) < 4.78 is 46.1. The number of hydrogen-bond acceptors (Lipinski definition) is 7. The first-order valence-corrected chi connectivity index (χ1v) is 16.6. The molecule has 46 heavy (non-hydrogen) atoms. The molecule has 1 aliphatic heterocycles. The van der Waals surface area contributed by atoms with E-state index in [1.54, 1.807) is 48.0 Å². The topological polar surface area (TPSA) is 128 Å². The molecular formula is C34H37FN4O6S. The van der Waals surface area contributed by atoms with Crippen molar-refractivity contribution in [3.8, 4) is 5.75 Å². The van der Waals surface area contributed by atoms with Gasteiger partial charge in [-0.25, -0.2) is 17.6 Å². The second-order valence-corrected chi connectivity index (χ2v) is 13.6. The Morgan fingerprint density at radius 1 is 1.02 bits per heavy atom. The number of nitrogens with one attached hydrogen (secondary N) is 2. The molecule has 0 aromatic heterocycles. The molecule has 0 unspecified atom stereocenters. The third kappa shape index (κ3) is 7.30. The van der Waals surface area contributed by atoms with E-state index in [1.165, 1.54) is 12.1 Å². The Kier molecular flexibility index (Phi) is 9.90. The molecule has 0 radical (unpaired) electrons. The summed E-state index contributed by atoms with van der Waals surface area (Å²) in [6, 6.07) is 21.7. The van der Waals surface area contributed by atoms with Crippen LogP contribution in [0.3, 0.4) is 0 Å². The van der Waals surface area contributed by atoms with Crippen LogP contribution in [-0.4, -0.2) is 80.0 Å². The van der Waals surface area contributed by atoms with Crippen molar-refractivity contribution in [2.45, 2.75) is 30.9 Å². The number of anilines is 2. The second kappa shape index (κ2) is 13.9. The molecule has 0 saturated carbocycles.